The molecule has 0 bridgehead atoms. The maximum absolute atomic E-state index is 13.1. The Balaban J connectivity index is 1.50. The van der Waals surface area contributed by atoms with E-state index in [1.807, 2.05) is 43.5 Å². The average Bonchev–Trinajstić information content (AvgIpc) is 3.36. The van der Waals surface area contributed by atoms with Crippen LogP contribution in [0.15, 0.2) is 90.1 Å². The van der Waals surface area contributed by atoms with Crippen molar-refractivity contribution in [3.05, 3.63) is 107 Å². The van der Waals surface area contributed by atoms with E-state index < -0.39 is 21.7 Å². The van der Waals surface area contributed by atoms with Crippen molar-refractivity contribution in [2.75, 3.05) is 4.72 Å². The molecule has 34 heavy (non-hydrogen) atoms. The molecule has 4 rings (SSSR count). The van der Waals surface area contributed by atoms with E-state index in [0.29, 0.717) is 0 Å². The number of rotatable bonds is 7. The fourth-order valence-electron chi connectivity index (χ4n) is 3.28. The molecule has 1 unspecified atom stereocenters. The normalized spacial score (nSPS) is 12.2. The monoisotopic (exact) mass is 498 g/mol. The zero-order chi connectivity index (χ0) is 24.3. The molecule has 0 spiro atoms. The van der Waals surface area contributed by atoms with Gasteiger partial charge in [0, 0.05) is 23.6 Å². The molecule has 0 aliphatic heterocycles. The minimum Gasteiger partial charge on any atom is -0.346 e. The van der Waals surface area contributed by atoms with E-state index in [4.69, 9.17) is 11.6 Å². The van der Waals surface area contributed by atoms with Crippen LogP contribution in [0.5, 0.6) is 0 Å². The van der Waals surface area contributed by atoms with Gasteiger partial charge in [-0.2, -0.15) is 5.10 Å². The van der Waals surface area contributed by atoms with Crippen molar-refractivity contribution in [2.24, 2.45) is 0 Å². The molecular formula is C24H20ClFN4O3S. The molecule has 3 aromatic carbocycles. The molecule has 7 nitrogen and oxygen atoms in total. The summed E-state index contributed by atoms with van der Waals surface area (Å²) in [5.41, 5.74) is 2.04. The van der Waals surface area contributed by atoms with Crippen LogP contribution < -0.4 is 10.0 Å². The summed E-state index contributed by atoms with van der Waals surface area (Å²) in [7, 11) is -4.11. The fourth-order valence-corrected chi connectivity index (χ4v) is 4.86. The number of nitrogens with zero attached hydrogens (tertiary/aromatic N) is 2. The minimum absolute atomic E-state index is 0.0478. The van der Waals surface area contributed by atoms with Gasteiger partial charge < -0.3 is 5.32 Å². The summed E-state index contributed by atoms with van der Waals surface area (Å²) < 4.78 is 42.8. The topological polar surface area (TPSA) is 93.1 Å². The van der Waals surface area contributed by atoms with Crippen molar-refractivity contribution in [1.29, 1.82) is 0 Å². The second-order valence-electron chi connectivity index (χ2n) is 7.49. The molecule has 0 aliphatic rings. The quantitative estimate of drug-likeness (QED) is 0.377. The first-order valence-corrected chi connectivity index (χ1v) is 12.1. The highest BCUT2D eigenvalue weighted by molar-refractivity contribution is 7.92. The molecule has 0 fully saturated rings. The van der Waals surface area contributed by atoms with Crippen LogP contribution in [0.3, 0.4) is 0 Å². The Bertz CT molecular complexity index is 1410. The second kappa shape index (κ2) is 9.66. The van der Waals surface area contributed by atoms with Crippen molar-refractivity contribution in [3.63, 3.8) is 0 Å². The summed E-state index contributed by atoms with van der Waals surface area (Å²) in [5.74, 6) is -0.955. The lowest BCUT2D eigenvalue weighted by molar-refractivity contribution is 0.0939. The lowest BCUT2D eigenvalue weighted by Crippen LogP contribution is -2.27. The number of carbonyl (C=O) groups excluding carboxylic acids is 1. The van der Waals surface area contributed by atoms with Crippen molar-refractivity contribution in [1.82, 2.24) is 15.1 Å². The van der Waals surface area contributed by atoms with Crippen LogP contribution in [0.4, 0.5) is 10.1 Å². The highest BCUT2D eigenvalue weighted by atomic mass is 35.5. The maximum atomic E-state index is 13.1. The Kier molecular flexibility index (Phi) is 6.67. The predicted octanol–water partition coefficient (Wildman–Crippen LogP) is 4.96. The Morgan fingerprint density at radius 1 is 1.06 bits per heavy atom. The highest BCUT2D eigenvalue weighted by Gasteiger charge is 2.21. The second-order valence-corrected chi connectivity index (χ2v) is 9.55. The van der Waals surface area contributed by atoms with E-state index >= 15 is 0 Å². The van der Waals surface area contributed by atoms with Gasteiger partial charge in [-0.1, -0.05) is 23.7 Å². The van der Waals surface area contributed by atoms with Crippen molar-refractivity contribution in [2.45, 2.75) is 17.9 Å². The lowest BCUT2D eigenvalue weighted by atomic mass is 10.1. The van der Waals surface area contributed by atoms with E-state index in [1.54, 1.807) is 10.9 Å². The number of aromatic nitrogens is 2. The third-order valence-corrected chi connectivity index (χ3v) is 6.95. The number of halogens is 2. The minimum atomic E-state index is -4.11. The largest absolute Gasteiger partial charge is 0.346 e. The van der Waals surface area contributed by atoms with Gasteiger partial charge in [0.05, 0.1) is 16.8 Å². The molecule has 10 heteroatoms. The summed E-state index contributed by atoms with van der Waals surface area (Å²) >= 11 is 6.12. The van der Waals surface area contributed by atoms with Crippen LogP contribution in [0, 0.1) is 5.82 Å². The van der Waals surface area contributed by atoms with Gasteiger partial charge in [-0.3, -0.25) is 9.52 Å². The third-order valence-electron chi connectivity index (χ3n) is 5.09. The molecule has 1 aromatic heterocycles. The van der Waals surface area contributed by atoms with Crippen LogP contribution >= 0.6 is 11.6 Å². The summed E-state index contributed by atoms with van der Waals surface area (Å²) in [6.07, 6.45) is 3.52. The van der Waals surface area contributed by atoms with E-state index in [0.717, 1.165) is 23.4 Å². The first kappa shape index (κ1) is 23.5. The number of hydrogen-bond donors (Lipinski definition) is 2. The van der Waals surface area contributed by atoms with Crippen molar-refractivity contribution >= 4 is 33.2 Å². The van der Waals surface area contributed by atoms with E-state index in [9.17, 15) is 17.6 Å². The Labute approximate surface area is 201 Å². The molecule has 4 aromatic rings. The molecule has 0 aliphatic carbocycles. The van der Waals surface area contributed by atoms with Gasteiger partial charge in [-0.25, -0.2) is 17.5 Å². The molecule has 1 atom stereocenters. The smallest absolute Gasteiger partial charge is 0.263 e. The summed E-state index contributed by atoms with van der Waals surface area (Å²) in [5, 5.41) is 6.99. The summed E-state index contributed by atoms with van der Waals surface area (Å²) in [6.45, 7) is 1.82. The number of hydrogen-bond acceptors (Lipinski definition) is 4. The van der Waals surface area contributed by atoms with Crippen LogP contribution in [0.1, 0.15) is 28.9 Å². The van der Waals surface area contributed by atoms with Gasteiger partial charge in [0.25, 0.3) is 15.9 Å². The zero-order valence-electron chi connectivity index (χ0n) is 17.9. The third kappa shape index (κ3) is 5.27. The number of carbonyl (C=O) groups is 1. The lowest BCUT2D eigenvalue weighted by Gasteiger charge is -2.16. The standard InChI is InChI=1S/C24H20ClFN4O3S/c1-16(17-3-10-21(11-4-17)30-14-2-13-27-30)28-24(31)18-5-12-22(25)23(15-18)34(32,33)29-20-8-6-19(26)7-9-20/h2-16,29H,1H3,(H,28,31). The maximum Gasteiger partial charge on any atom is 0.263 e. The van der Waals surface area contributed by atoms with Gasteiger partial charge in [0.2, 0.25) is 0 Å². The number of sulfonamides is 1. The predicted molar refractivity (Wildman–Crippen MR) is 128 cm³/mol. The van der Waals surface area contributed by atoms with Crippen molar-refractivity contribution < 1.29 is 17.6 Å². The molecule has 0 saturated heterocycles. The molecule has 2 N–H and O–H groups in total. The van der Waals surface area contributed by atoms with E-state index in [1.165, 1.54) is 30.3 Å². The summed E-state index contributed by atoms with van der Waals surface area (Å²) in [6, 6.07) is 17.9. The first-order valence-electron chi connectivity index (χ1n) is 10.2. The number of anilines is 1. The van der Waals surface area contributed by atoms with Gasteiger partial charge in [0.15, 0.2) is 0 Å². The zero-order valence-corrected chi connectivity index (χ0v) is 19.5. The van der Waals surface area contributed by atoms with Gasteiger partial charge in [-0.15, -0.1) is 0 Å². The van der Waals surface area contributed by atoms with Crippen molar-refractivity contribution in [3.8, 4) is 5.69 Å². The molecular weight excluding hydrogens is 479 g/mol. The van der Waals surface area contributed by atoms with Crippen LogP contribution in [-0.2, 0) is 10.0 Å². The fraction of sp³-hybridized carbons (Fsp3) is 0.0833. The first-order chi connectivity index (χ1) is 16.2. The SMILES string of the molecule is CC(NC(=O)c1ccc(Cl)c(S(=O)(=O)Nc2ccc(F)cc2)c1)c1ccc(-n2cccn2)cc1. The highest BCUT2D eigenvalue weighted by Crippen LogP contribution is 2.26. The Morgan fingerprint density at radius 2 is 1.76 bits per heavy atom. The van der Waals surface area contributed by atoms with Crippen LogP contribution in [0.2, 0.25) is 5.02 Å². The van der Waals surface area contributed by atoms with Gasteiger partial charge in [0.1, 0.15) is 10.7 Å². The van der Waals surface area contributed by atoms with Crippen LogP contribution in [-0.4, -0.2) is 24.1 Å². The molecule has 174 valence electrons. The van der Waals surface area contributed by atoms with Gasteiger partial charge in [-0.05, 0) is 73.2 Å². The summed E-state index contributed by atoms with van der Waals surface area (Å²) in [4.78, 5) is 12.6. The van der Waals surface area contributed by atoms with Gasteiger partial charge >= 0.3 is 0 Å². The number of nitrogens with one attached hydrogen (secondary N) is 2. The molecule has 0 saturated carbocycles. The van der Waals surface area contributed by atoms with E-state index in [2.05, 4.69) is 15.1 Å². The van der Waals surface area contributed by atoms with Crippen LogP contribution in [0.25, 0.3) is 5.69 Å². The molecule has 1 amide bonds. The Hall–Kier alpha value is -3.69. The van der Waals surface area contributed by atoms with E-state index in [-0.39, 0.29) is 27.2 Å². The molecule has 0 radical (unpaired) electrons. The average molecular weight is 499 g/mol. The number of benzene rings is 3. The Morgan fingerprint density at radius 3 is 2.41 bits per heavy atom. The number of amides is 1. The molecule has 1 heterocycles.